The Balaban J connectivity index is 3.14. The van der Waals surface area contributed by atoms with Crippen LogP contribution in [0, 0.1) is 0 Å². The molecule has 0 aliphatic heterocycles. The average molecular weight is 192 g/mol. The summed E-state index contributed by atoms with van der Waals surface area (Å²) in [4.78, 5) is 10.5. The van der Waals surface area contributed by atoms with Crippen LogP contribution < -0.4 is 11.5 Å². The summed E-state index contributed by atoms with van der Waals surface area (Å²) in [6.45, 7) is 0.749. The third-order valence-corrected chi connectivity index (χ3v) is 2.47. The van der Waals surface area contributed by atoms with E-state index in [-0.39, 0.29) is 0 Å². The van der Waals surface area contributed by atoms with Crippen molar-refractivity contribution in [2.75, 3.05) is 25.2 Å². The van der Waals surface area contributed by atoms with Crippen LogP contribution in [0.25, 0.3) is 0 Å². The number of hydrogen-bond donors (Lipinski definition) is 2. The molecule has 1 atom stereocenters. The SMILES string of the molecule is COCCCSCC(N)C(N)=O. The zero-order chi connectivity index (χ0) is 9.40. The predicted octanol–water partition coefficient (Wildman–Crippen LogP) is -0.431. The first-order valence-electron chi connectivity index (χ1n) is 3.80. The Labute approximate surface area is 77.0 Å². The number of nitrogens with two attached hydrogens (primary N) is 2. The highest BCUT2D eigenvalue weighted by Gasteiger charge is 2.07. The van der Waals surface area contributed by atoms with E-state index in [0.29, 0.717) is 5.75 Å². The molecular weight excluding hydrogens is 176 g/mol. The lowest BCUT2D eigenvalue weighted by molar-refractivity contribution is -0.118. The van der Waals surface area contributed by atoms with Crippen LogP contribution in [0.4, 0.5) is 0 Å². The highest BCUT2D eigenvalue weighted by atomic mass is 32.2. The van der Waals surface area contributed by atoms with E-state index in [0.717, 1.165) is 18.8 Å². The molecule has 0 aliphatic carbocycles. The van der Waals surface area contributed by atoms with Crippen molar-refractivity contribution in [1.29, 1.82) is 0 Å². The summed E-state index contributed by atoms with van der Waals surface area (Å²) in [6.07, 6.45) is 0.979. The maximum Gasteiger partial charge on any atom is 0.235 e. The second-order valence-electron chi connectivity index (χ2n) is 2.43. The monoisotopic (exact) mass is 192 g/mol. The molecule has 1 amide bonds. The number of primary amides is 1. The molecule has 0 aromatic rings. The molecule has 1 unspecified atom stereocenters. The highest BCUT2D eigenvalue weighted by Crippen LogP contribution is 2.03. The molecule has 72 valence electrons. The first-order valence-corrected chi connectivity index (χ1v) is 4.95. The van der Waals surface area contributed by atoms with Gasteiger partial charge in [0.05, 0.1) is 6.04 Å². The molecule has 0 aromatic heterocycles. The molecule has 0 heterocycles. The normalized spacial score (nSPS) is 12.8. The fourth-order valence-corrected chi connectivity index (χ4v) is 1.50. The Kier molecular flexibility index (Phi) is 7.23. The number of thioether (sulfide) groups is 1. The van der Waals surface area contributed by atoms with Gasteiger partial charge in [-0.15, -0.1) is 0 Å². The lowest BCUT2D eigenvalue weighted by Crippen LogP contribution is -2.38. The minimum absolute atomic E-state index is 0.436. The predicted molar refractivity (Wildman–Crippen MR) is 51.0 cm³/mol. The maximum atomic E-state index is 10.5. The van der Waals surface area contributed by atoms with E-state index >= 15 is 0 Å². The lowest BCUT2D eigenvalue weighted by atomic mass is 10.3. The van der Waals surface area contributed by atoms with E-state index in [1.165, 1.54) is 0 Å². The van der Waals surface area contributed by atoms with Crippen molar-refractivity contribution in [2.24, 2.45) is 11.5 Å². The molecule has 0 spiro atoms. The Morgan fingerprint density at radius 2 is 2.33 bits per heavy atom. The number of hydrogen-bond acceptors (Lipinski definition) is 4. The molecule has 0 fully saturated rings. The van der Waals surface area contributed by atoms with Gasteiger partial charge in [0, 0.05) is 19.5 Å². The average Bonchev–Trinajstić information content (AvgIpc) is 2.03. The molecule has 0 radical (unpaired) electrons. The summed E-state index contributed by atoms with van der Waals surface area (Å²) in [6, 6.07) is -0.516. The van der Waals surface area contributed by atoms with Crippen molar-refractivity contribution in [1.82, 2.24) is 0 Å². The Hall–Kier alpha value is -0.260. The summed E-state index contributed by atoms with van der Waals surface area (Å²) < 4.78 is 4.86. The molecular formula is C7H16N2O2S. The summed E-state index contributed by atoms with van der Waals surface area (Å²) in [5, 5.41) is 0. The van der Waals surface area contributed by atoms with Crippen molar-refractivity contribution in [3.05, 3.63) is 0 Å². The van der Waals surface area contributed by atoms with Crippen molar-refractivity contribution in [3.8, 4) is 0 Å². The molecule has 0 saturated carbocycles. The first kappa shape index (κ1) is 11.7. The Morgan fingerprint density at radius 3 is 2.83 bits per heavy atom. The van der Waals surface area contributed by atoms with Crippen molar-refractivity contribution < 1.29 is 9.53 Å². The van der Waals surface area contributed by atoms with Gasteiger partial charge in [-0.2, -0.15) is 11.8 Å². The zero-order valence-corrected chi connectivity index (χ0v) is 8.10. The van der Waals surface area contributed by atoms with Crippen LogP contribution in [0.1, 0.15) is 6.42 Å². The third kappa shape index (κ3) is 6.45. The van der Waals surface area contributed by atoms with Crippen molar-refractivity contribution in [2.45, 2.75) is 12.5 Å². The molecule has 12 heavy (non-hydrogen) atoms. The molecule has 4 nitrogen and oxygen atoms in total. The first-order chi connectivity index (χ1) is 5.68. The fourth-order valence-electron chi connectivity index (χ4n) is 0.598. The van der Waals surface area contributed by atoms with Gasteiger partial charge in [-0.05, 0) is 12.2 Å². The van der Waals surface area contributed by atoms with E-state index in [4.69, 9.17) is 16.2 Å². The minimum Gasteiger partial charge on any atom is -0.385 e. The molecule has 4 N–H and O–H groups in total. The van der Waals surface area contributed by atoms with Gasteiger partial charge in [-0.3, -0.25) is 4.79 Å². The topological polar surface area (TPSA) is 78.3 Å². The third-order valence-electron chi connectivity index (χ3n) is 1.30. The van der Waals surface area contributed by atoms with E-state index in [2.05, 4.69) is 0 Å². The van der Waals surface area contributed by atoms with Crippen LogP contribution in [0.15, 0.2) is 0 Å². The summed E-state index contributed by atoms with van der Waals surface area (Å²) >= 11 is 1.62. The molecule has 0 aromatic carbocycles. The van der Waals surface area contributed by atoms with Gasteiger partial charge in [0.1, 0.15) is 0 Å². The molecule has 0 aliphatic rings. The molecule has 0 bridgehead atoms. The van der Waals surface area contributed by atoms with Crippen LogP contribution in [0.2, 0.25) is 0 Å². The standard InChI is InChI=1S/C7H16N2O2S/c1-11-3-2-4-12-5-6(8)7(9)10/h6H,2-5,8H2,1H3,(H2,9,10). The molecule has 0 saturated heterocycles. The Morgan fingerprint density at radius 1 is 1.67 bits per heavy atom. The number of methoxy groups -OCH3 is 1. The quantitative estimate of drug-likeness (QED) is 0.536. The zero-order valence-electron chi connectivity index (χ0n) is 7.29. The van der Waals surface area contributed by atoms with Crippen LogP contribution in [-0.2, 0) is 9.53 Å². The number of amides is 1. The van der Waals surface area contributed by atoms with Gasteiger partial charge < -0.3 is 16.2 Å². The van der Waals surface area contributed by atoms with Gasteiger partial charge in [-0.1, -0.05) is 0 Å². The van der Waals surface area contributed by atoms with Crippen LogP contribution in [0.5, 0.6) is 0 Å². The summed E-state index contributed by atoms with van der Waals surface area (Å²) in [5.41, 5.74) is 10.4. The van der Waals surface area contributed by atoms with Crippen LogP contribution in [0.3, 0.4) is 0 Å². The van der Waals surface area contributed by atoms with Crippen LogP contribution in [-0.4, -0.2) is 37.2 Å². The number of carbonyl (C=O) groups is 1. The van der Waals surface area contributed by atoms with E-state index in [1.807, 2.05) is 0 Å². The van der Waals surface area contributed by atoms with E-state index in [1.54, 1.807) is 18.9 Å². The molecule has 5 heteroatoms. The largest absolute Gasteiger partial charge is 0.385 e. The smallest absolute Gasteiger partial charge is 0.235 e. The van der Waals surface area contributed by atoms with Gasteiger partial charge in [0.25, 0.3) is 0 Å². The van der Waals surface area contributed by atoms with E-state index in [9.17, 15) is 4.79 Å². The minimum atomic E-state index is -0.516. The van der Waals surface area contributed by atoms with Crippen molar-refractivity contribution >= 4 is 17.7 Å². The Bertz CT molecular complexity index is 133. The van der Waals surface area contributed by atoms with Gasteiger partial charge in [0.15, 0.2) is 0 Å². The van der Waals surface area contributed by atoms with Gasteiger partial charge in [0.2, 0.25) is 5.91 Å². The molecule has 0 rings (SSSR count). The number of ether oxygens (including phenoxy) is 1. The highest BCUT2D eigenvalue weighted by molar-refractivity contribution is 7.99. The second kappa shape index (κ2) is 7.39. The van der Waals surface area contributed by atoms with E-state index < -0.39 is 11.9 Å². The number of rotatable bonds is 7. The summed E-state index contributed by atoms with van der Waals surface area (Å²) in [7, 11) is 1.67. The van der Waals surface area contributed by atoms with Crippen molar-refractivity contribution in [3.63, 3.8) is 0 Å². The fraction of sp³-hybridized carbons (Fsp3) is 0.857. The summed E-state index contributed by atoms with van der Waals surface area (Å²) in [5.74, 6) is 1.11. The second-order valence-corrected chi connectivity index (χ2v) is 3.58. The lowest BCUT2D eigenvalue weighted by Gasteiger charge is -2.05. The van der Waals surface area contributed by atoms with Gasteiger partial charge in [-0.25, -0.2) is 0 Å². The van der Waals surface area contributed by atoms with Gasteiger partial charge >= 0.3 is 0 Å². The van der Waals surface area contributed by atoms with Crippen LogP contribution >= 0.6 is 11.8 Å². The number of carbonyl (C=O) groups excluding carboxylic acids is 1. The maximum absolute atomic E-state index is 10.5.